The maximum atomic E-state index is 13.0. The van der Waals surface area contributed by atoms with E-state index in [1.165, 1.54) is 5.56 Å². The van der Waals surface area contributed by atoms with E-state index >= 15 is 0 Å². The van der Waals surface area contributed by atoms with Gasteiger partial charge in [0, 0.05) is 19.1 Å². The molecule has 27 heavy (non-hydrogen) atoms. The summed E-state index contributed by atoms with van der Waals surface area (Å²) in [5.74, 6) is -4.80. The number of aliphatic carboxylic acids is 1. The highest BCUT2D eigenvalue weighted by molar-refractivity contribution is 5.78. The van der Waals surface area contributed by atoms with Crippen molar-refractivity contribution in [2.24, 2.45) is 11.8 Å². The van der Waals surface area contributed by atoms with E-state index in [0.29, 0.717) is 12.3 Å². The second-order valence-corrected chi connectivity index (χ2v) is 7.45. The van der Waals surface area contributed by atoms with Crippen LogP contribution in [0.5, 0.6) is 0 Å². The van der Waals surface area contributed by atoms with Crippen molar-refractivity contribution in [3.8, 4) is 0 Å². The van der Waals surface area contributed by atoms with E-state index in [1.807, 2.05) is 24.3 Å². The van der Waals surface area contributed by atoms with E-state index in [0.717, 1.165) is 10.5 Å². The van der Waals surface area contributed by atoms with Crippen molar-refractivity contribution in [1.29, 1.82) is 0 Å². The van der Waals surface area contributed by atoms with E-state index < -0.39 is 43.1 Å². The Morgan fingerprint density at radius 3 is 2.22 bits per heavy atom. The van der Waals surface area contributed by atoms with Crippen molar-refractivity contribution in [2.75, 3.05) is 13.1 Å². The van der Waals surface area contributed by atoms with Gasteiger partial charge in [-0.2, -0.15) is 13.2 Å². The molecule has 0 saturated carbocycles. The Hall–Kier alpha value is -2.25. The molecule has 150 valence electrons. The van der Waals surface area contributed by atoms with Gasteiger partial charge in [-0.05, 0) is 30.4 Å². The number of carbonyl (C=O) groups is 2. The molecule has 1 aliphatic heterocycles. The molecule has 3 atom stereocenters. The van der Waals surface area contributed by atoms with E-state index in [-0.39, 0.29) is 6.04 Å². The minimum Gasteiger partial charge on any atom is -0.481 e. The number of hydrogen-bond donors (Lipinski definition) is 2. The fourth-order valence-corrected chi connectivity index (χ4v) is 3.30. The highest BCUT2D eigenvalue weighted by atomic mass is 19.4. The van der Waals surface area contributed by atoms with E-state index in [9.17, 15) is 22.8 Å². The fraction of sp³-hybridized carbons (Fsp3) is 0.579. The van der Waals surface area contributed by atoms with Gasteiger partial charge < -0.3 is 15.3 Å². The van der Waals surface area contributed by atoms with Crippen molar-refractivity contribution in [2.45, 2.75) is 45.3 Å². The average Bonchev–Trinajstić information content (AvgIpc) is 3.01. The molecule has 2 amide bonds. The zero-order valence-electron chi connectivity index (χ0n) is 15.6. The molecule has 2 N–H and O–H groups in total. The number of carbonyl (C=O) groups excluding carboxylic acids is 1. The molecule has 0 radical (unpaired) electrons. The second kappa shape index (κ2) is 8.19. The van der Waals surface area contributed by atoms with Gasteiger partial charge in [0.2, 0.25) is 0 Å². The number of likely N-dealkylation sites (tertiary alicyclic amines) is 1. The lowest BCUT2D eigenvalue weighted by Crippen LogP contribution is -2.44. The number of amides is 2. The van der Waals surface area contributed by atoms with Crippen LogP contribution in [0.4, 0.5) is 18.0 Å². The van der Waals surface area contributed by atoms with Crippen LogP contribution in [0.3, 0.4) is 0 Å². The highest BCUT2D eigenvalue weighted by Gasteiger charge is 2.53. The third kappa shape index (κ3) is 5.37. The molecule has 1 aromatic carbocycles. The summed E-state index contributed by atoms with van der Waals surface area (Å²) in [4.78, 5) is 24.3. The number of hydrogen-bond acceptors (Lipinski definition) is 2. The lowest BCUT2D eigenvalue weighted by Gasteiger charge is -2.21. The van der Waals surface area contributed by atoms with Crippen LogP contribution in [0.25, 0.3) is 0 Å². The van der Waals surface area contributed by atoms with Crippen molar-refractivity contribution in [1.82, 2.24) is 10.2 Å². The van der Waals surface area contributed by atoms with Crippen molar-refractivity contribution < 1.29 is 27.9 Å². The standard InChI is InChI=1S/C19H25F3N2O3/c1-11(2)14-6-4-13(5-7-14)8-12(3)23-18(27)24-9-15(17(25)26)16(10-24)19(20,21)22/h4-7,11-12,15-16H,8-10H2,1-3H3,(H,23,27)(H,25,26)/t12?,15-,16-/m1/s1. The van der Waals surface area contributed by atoms with Crippen LogP contribution in [-0.4, -0.2) is 47.3 Å². The van der Waals surface area contributed by atoms with Gasteiger partial charge in [-0.15, -0.1) is 0 Å². The average molecular weight is 386 g/mol. The van der Waals surface area contributed by atoms with Crippen molar-refractivity contribution >= 4 is 12.0 Å². The maximum Gasteiger partial charge on any atom is 0.394 e. The summed E-state index contributed by atoms with van der Waals surface area (Å²) in [5.41, 5.74) is 2.20. The lowest BCUT2D eigenvalue weighted by molar-refractivity contribution is -0.187. The first-order valence-electron chi connectivity index (χ1n) is 8.92. The quantitative estimate of drug-likeness (QED) is 0.812. The number of nitrogens with one attached hydrogen (secondary N) is 1. The summed E-state index contributed by atoms with van der Waals surface area (Å²) in [6.07, 6.45) is -4.12. The number of alkyl halides is 3. The molecule has 5 nitrogen and oxygen atoms in total. The molecule has 1 fully saturated rings. The maximum absolute atomic E-state index is 13.0. The zero-order valence-corrected chi connectivity index (χ0v) is 15.6. The molecule has 1 saturated heterocycles. The predicted octanol–water partition coefficient (Wildman–Crippen LogP) is 3.65. The second-order valence-electron chi connectivity index (χ2n) is 7.45. The summed E-state index contributed by atoms with van der Waals surface area (Å²) >= 11 is 0. The summed E-state index contributed by atoms with van der Waals surface area (Å²) in [5, 5.41) is 11.7. The van der Waals surface area contributed by atoms with E-state index in [1.54, 1.807) is 6.92 Å². The van der Waals surface area contributed by atoms with Gasteiger partial charge in [0.05, 0.1) is 11.8 Å². The Balaban J connectivity index is 1.95. The third-order valence-corrected chi connectivity index (χ3v) is 4.90. The van der Waals surface area contributed by atoms with Gasteiger partial charge in [0.15, 0.2) is 0 Å². The molecule has 0 spiro atoms. The minimum atomic E-state index is -4.65. The molecule has 1 aromatic rings. The smallest absolute Gasteiger partial charge is 0.394 e. The molecule has 8 heteroatoms. The van der Waals surface area contributed by atoms with Gasteiger partial charge in [0.1, 0.15) is 0 Å². The Labute approximate surface area is 156 Å². The third-order valence-electron chi connectivity index (χ3n) is 4.90. The van der Waals surface area contributed by atoms with Crippen LogP contribution in [0.2, 0.25) is 0 Å². The first-order chi connectivity index (χ1) is 12.5. The summed E-state index contributed by atoms with van der Waals surface area (Å²) < 4.78 is 39.1. The van der Waals surface area contributed by atoms with E-state index in [4.69, 9.17) is 5.11 Å². The number of halogens is 3. The Kier molecular flexibility index (Phi) is 6.38. The SMILES string of the molecule is CC(Cc1ccc(C(C)C)cc1)NC(=O)N1C[C@@H](C(F)(F)F)[C@H](C(=O)O)C1. The number of rotatable bonds is 5. The van der Waals surface area contributed by atoms with Gasteiger partial charge in [-0.25, -0.2) is 4.79 Å². The van der Waals surface area contributed by atoms with Crippen LogP contribution in [0.1, 0.15) is 37.8 Å². The van der Waals surface area contributed by atoms with Crippen molar-refractivity contribution in [3.63, 3.8) is 0 Å². The van der Waals surface area contributed by atoms with Gasteiger partial charge >= 0.3 is 18.2 Å². The van der Waals surface area contributed by atoms with Gasteiger partial charge in [-0.1, -0.05) is 38.1 Å². The molecule has 0 aromatic heterocycles. The fourth-order valence-electron chi connectivity index (χ4n) is 3.30. The molecular weight excluding hydrogens is 361 g/mol. The first-order valence-corrected chi connectivity index (χ1v) is 8.92. The monoisotopic (exact) mass is 386 g/mol. The molecule has 1 heterocycles. The van der Waals surface area contributed by atoms with Crippen LogP contribution in [0, 0.1) is 11.8 Å². The molecule has 2 rings (SSSR count). The number of carboxylic acid groups (broad SMARTS) is 1. The Morgan fingerprint density at radius 1 is 1.19 bits per heavy atom. The topological polar surface area (TPSA) is 69.6 Å². The summed E-state index contributed by atoms with van der Waals surface area (Å²) in [7, 11) is 0. The highest BCUT2D eigenvalue weighted by Crippen LogP contribution is 2.37. The van der Waals surface area contributed by atoms with E-state index in [2.05, 4.69) is 19.2 Å². The van der Waals surface area contributed by atoms with Crippen molar-refractivity contribution in [3.05, 3.63) is 35.4 Å². The zero-order chi connectivity index (χ0) is 20.4. The van der Waals surface area contributed by atoms with Crippen LogP contribution in [-0.2, 0) is 11.2 Å². The largest absolute Gasteiger partial charge is 0.481 e. The summed E-state index contributed by atoms with van der Waals surface area (Å²) in [6.45, 7) is 4.86. The van der Waals surface area contributed by atoms with Crippen LogP contribution in [0.15, 0.2) is 24.3 Å². The minimum absolute atomic E-state index is 0.296. The number of nitrogens with zero attached hydrogens (tertiary/aromatic N) is 1. The number of carboxylic acids is 1. The molecule has 0 aliphatic carbocycles. The van der Waals surface area contributed by atoms with Crippen LogP contribution < -0.4 is 5.32 Å². The Bertz CT molecular complexity index is 674. The summed E-state index contributed by atoms with van der Waals surface area (Å²) in [6, 6.07) is 7.00. The molecule has 1 unspecified atom stereocenters. The Morgan fingerprint density at radius 2 is 1.78 bits per heavy atom. The number of benzene rings is 1. The predicted molar refractivity (Wildman–Crippen MR) is 94.5 cm³/mol. The lowest BCUT2D eigenvalue weighted by atomic mass is 9.96. The van der Waals surface area contributed by atoms with Gasteiger partial charge in [0.25, 0.3) is 0 Å². The normalized spacial score (nSPS) is 21.4. The number of urea groups is 1. The molecular formula is C19H25F3N2O3. The van der Waals surface area contributed by atoms with Crippen LogP contribution >= 0.6 is 0 Å². The van der Waals surface area contributed by atoms with Gasteiger partial charge in [-0.3, -0.25) is 4.79 Å². The molecule has 0 bridgehead atoms. The molecule has 1 aliphatic rings. The first kappa shape index (κ1) is 21.1.